The predicted molar refractivity (Wildman–Crippen MR) is 113 cm³/mol. The van der Waals surface area contributed by atoms with Crippen LogP contribution in [0.3, 0.4) is 0 Å². The molecule has 4 aliphatic rings. The molecule has 4 rings (SSSR count). The van der Waals surface area contributed by atoms with Crippen molar-refractivity contribution in [1.82, 2.24) is 0 Å². The average molecular weight is 393 g/mol. The van der Waals surface area contributed by atoms with Crippen LogP contribution < -0.4 is 0 Å². The Morgan fingerprint density at radius 2 is 1.82 bits per heavy atom. The average Bonchev–Trinajstić information content (AvgIpc) is 3.02. The van der Waals surface area contributed by atoms with E-state index in [2.05, 4.69) is 20.8 Å². The Kier molecular flexibility index (Phi) is 5.92. The molecule has 162 valence electrons. The Morgan fingerprint density at radius 3 is 2.57 bits per heavy atom. The van der Waals surface area contributed by atoms with Gasteiger partial charge in [0.15, 0.2) is 0 Å². The van der Waals surface area contributed by atoms with Gasteiger partial charge in [0, 0.05) is 13.7 Å². The molecule has 0 saturated heterocycles. The highest BCUT2D eigenvalue weighted by Crippen LogP contribution is 2.68. The Labute approximate surface area is 172 Å². The van der Waals surface area contributed by atoms with Gasteiger partial charge < -0.3 is 14.9 Å². The molecule has 2 N–H and O–H groups in total. The van der Waals surface area contributed by atoms with Crippen LogP contribution in [0.15, 0.2) is 0 Å². The van der Waals surface area contributed by atoms with Gasteiger partial charge in [-0.3, -0.25) is 0 Å². The monoisotopic (exact) mass is 392 g/mol. The van der Waals surface area contributed by atoms with Gasteiger partial charge in [0.2, 0.25) is 0 Å². The first kappa shape index (κ1) is 21.1. The summed E-state index contributed by atoms with van der Waals surface area (Å²) in [6, 6.07) is 0. The minimum Gasteiger partial charge on any atom is -0.393 e. The van der Waals surface area contributed by atoms with E-state index in [1.807, 2.05) is 0 Å². The van der Waals surface area contributed by atoms with E-state index in [0.29, 0.717) is 40.9 Å². The molecule has 4 aliphatic carbocycles. The number of rotatable bonds is 5. The highest BCUT2D eigenvalue weighted by Gasteiger charge is 2.65. The van der Waals surface area contributed by atoms with Gasteiger partial charge in [0.1, 0.15) is 0 Å². The van der Waals surface area contributed by atoms with Crippen LogP contribution >= 0.6 is 0 Å². The second kappa shape index (κ2) is 7.85. The number of methoxy groups -OCH3 is 1. The number of aliphatic hydroxyl groups is 2. The number of fused-ring (bicyclic) bond motifs is 5. The Hall–Kier alpha value is -0.120. The molecule has 0 aliphatic heterocycles. The molecule has 0 aromatic rings. The lowest BCUT2D eigenvalue weighted by Crippen LogP contribution is -2.61. The maximum atomic E-state index is 11.6. The van der Waals surface area contributed by atoms with Crippen molar-refractivity contribution in [2.24, 2.45) is 46.3 Å². The Balaban J connectivity index is 1.59. The molecule has 0 spiro atoms. The third-order valence-corrected chi connectivity index (χ3v) is 10.5. The van der Waals surface area contributed by atoms with Crippen LogP contribution in [0.2, 0.25) is 0 Å². The van der Waals surface area contributed by atoms with Crippen molar-refractivity contribution < 1.29 is 14.9 Å². The number of hydrogen-bond acceptors (Lipinski definition) is 3. The first-order valence-corrected chi connectivity index (χ1v) is 12.2. The summed E-state index contributed by atoms with van der Waals surface area (Å²) in [7, 11) is 1.78. The molecule has 0 heterocycles. The third kappa shape index (κ3) is 3.10. The van der Waals surface area contributed by atoms with E-state index in [-0.39, 0.29) is 17.6 Å². The lowest BCUT2D eigenvalue weighted by Gasteiger charge is -2.63. The molecular formula is C25H44O3. The number of aliphatic hydroxyl groups excluding tert-OH is 2. The smallest absolute Gasteiger partial charge is 0.0602 e. The van der Waals surface area contributed by atoms with E-state index in [1.54, 1.807) is 7.11 Å². The highest BCUT2D eigenvalue weighted by atomic mass is 16.5. The lowest BCUT2D eigenvalue weighted by molar-refractivity contribution is -0.201. The second-order valence-corrected chi connectivity index (χ2v) is 11.5. The summed E-state index contributed by atoms with van der Waals surface area (Å²) < 4.78 is 5.27. The summed E-state index contributed by atoms with van der Waals surface area (Å²) in [6.45, 7) is 8.12. The van der Waals surface area contributed by atoms with Crippen molar-refractivity contribution >= 4 is 0 Å². The topological polar surface area (TPSA) is 49.7 Å². The lowest BCUT2D eigenvalue weighted by atomic mass is 9.43. The fourth-order valence-corrected chi connectivity index (χ4v) is 8.94. The summed E-state index contributed by atoms with van der Waals surface area (Å²) in [5.41, 5.74) is 0.319. The third-order valence-electron chi connectivity index (χ3n) is 10.5. The number of hydrogen-bond donors (Lipinski definition) is 2. The van der Waals surface area contributed by atoms with Gasteiger partial charge in [-0.15, -0.1) is 0 Å². The zero-order valence-electron chi connectivity index (χ0n) is 18.7. The van der Waals surface area contributed by atoms with E-state index in [0.717, 1.165) is 25.9 Å². The van der Waals surface area contributed by atoms with E-state index in [4.69, 9.17) is 4.74 Å². The van der Waals surface area contributed by atoms with E-state index < -0.39 is 0 Å². The van der Waals surface area contributed by atoms with E-state index in [1.165, 1.54) is 44.9 Å². The first-order chi connectivity index (χ1) is 13.3. The summed E-state index contributed by atoms with van der Waals surface area (Å²) in [6.07, 6.45) is 11.5. The van der Waals surface area contributed by atoms with Crippen molar-refractivity contribution in [3.8, 4) is 0 Å². The molecule has 3 nitrogen and oxygen atoms in total. The van der Waals surface area contributed by atoms with Gasteiger partial charge in [-0.2, -0.15) is 0 Å². The highest BCUT2D eigenvalue weighted by molar-refractivity contribution is 5.14. The molecular weight excluding hydrogens is 348 g/mol. The maximum Gasteiger partial charge on any atom is 0.0602 e. The predicted octanol–water partition coefficient (Wildman–Crippen LogP) is 5.04. The van der Waals surface area contributed by atoms with Crippen LogP contribution in [0.4, 0.5) is 0 Å². The largest absolute Gasteiger partial charge is 0.393 e. The molecule has 0 radical (unpaired) electrons. The molecule has 4 saturated carbocycles. The molecule has 3 heteroatoms. The molecule has 10 atom stereocenters. The van der Waals surface area contributed by atoms with Crippen LogP contribution in [-0.4, -0.2) is 36.1 Å². The molecule has 8 unspecified atom stereocenters. The van der Waals surface area contributed by atoms with Gasteiger partial charge in [0.05, 0.1) is 12.2 Å². The molecule has 0 bridgehead atoms. The quantitative estimate of drug-likeness (QED) is 0.645. The van der Waals surface area contributed by atoms with E-state index >= 15 is 0 Å². The Bertz CT molecular complexity index is 550. The van der Waals surface area contributed by atoms with Gasteiger partial charge >= 0.3 is 0 Å². The van der Waals surface area contributed by atoms with Gasteiger partial charge in [-0.05, 0) is 97.7 Å². The molecule has 4 fully saturated rings. The van der Waals surface area contributed by atoms with Gasteiger partial charge in [-0.1, -0.05) is 33.6 Å². The van der Waals surface area contributed by atoms with Crippen molar-refractivity contribution in [1.29, 1.82) is 0 Å². The van der Waals surface area contributed by atoms with Crippen molar-refractivity contribution in [2.45, 2.75) is 97.2 Å². The molecule has 0 amide bonds. The molecule has 28 heavy (non-hydrogen) atoms. The van der Waals surface area contributed by atoms with Crippen molar-refractivity contribution in [2.75, 3.05) is 13.7 Å². The second-order valence-electron chi connectivity index (χ2n) is 11.5. The van der Waals surface area contributed by atoms with Crippen LogP contribution in [0, 0.1) is 46.3 Å². The van der Waals surface area contributed by atoms with Crippen molar-refractivity contribution in [3.63, 3.8) is 0 Å². The standard InChI is InChI=1S/C25H44O3/c1-16(8-7-13-28-4)18-10-11-19-23-20(15-22(27)25(18,19)3)24(2)12-6-5-9-17(24)14-21(23)26/h16-23,26-27H,5-15H2,1-4H3/t16?,17?,18?,19?,20?,21-,22+,23?,24?,25?/m1/s1. The van der Waals surface area contributed by atoms with Crippen LogP contribution in [-0.2, 0) is 4.74 Å². The number of ether oxygens (including phenoxy) is 1. The fourth-order valence-electron chi connectivity index (χ4n) is 8.94. The van der Waals surface area contributed by atoms with Gasteiger partial charge in [0.25, 0.3) is 0 Å². The summed E-state index contributed by atoms with van der Waals surface area (Å²) in [5.74, 6) is 3.27. The maximum absolute atomic E-state index is 11.6. The SMILES string of the molecule is COCCCC(C)C1CCC2C3C(C[C@H](O)C12C)C1(C)CCCCC1C[C@H]3O. The van der Waals surface area contributed by atoms with Gasteiger partial charge in [-0.25, -0.2) is 0 Å². The fraction of sp³-hybridized carbons (Fsp3) is 1.00. The molecule has 0 aromatic heterocycles. The Morgan fingerprint density at radius 1 is 1.04 bits per heavy atom. The first-order valence-electron chi connectivity index (χ1n) is 12.2. The molecule has 0 aromatic carbocycles. The summed E-state index contributed by atoms with van der Waals surface area (Å²) in [5, 5.41) is 22.9. The van der Waals surface area contributed by atoms with Crippen LogP contribution in [0.25, 0.3) is 0 Å². The summed E-state index contributed by atoms with van der Waals surface area (Å²) in [4.78, 5) is 0. The zero-order valence-corrected chi connectivity index (χ0v) is 18.7. The van der Waals surface area contributed by atoms with Crippen molar-refractivity contribution in [3.05, 3.63) is 0 Å². The minimum absolute atomic E-state index is 0.0213. The zero-order chi connectivity index (χ0) is 20.1. The van der Waals surface area contributed by atoms with Crippen LogP contribution in [0.1, 0.15) is 85.0 Å². The van der Waals surface area contributed by atoms with Crippen LogP contribution in [0.5, 0.6) is 0 Å². The van der Waals surface area contributed by atoms with E-state index in [9.17, 15) is 10.2 Å². The normalized spacial score (nSPS) is 51.9. The summed E-state index contributed by atoms with van der Waals surface area (Å²) >= 11 is 0. The minimum atomic E-state index is -0.208.